The van der Waals surface area contributed by atoms with Gasteiger partial charge in [-0.1, -0.05) is 74.5 Å². The SMILES string of the molecule is CO[C@H](CC[C@H](COc1cc(F)cc(F)c1)NC(=O)c1cc(C(=O)N[C@H](C)c2ccccc2)cc(N(C)S(C)(=O)=O)c1)C(=O)N[C@H](C(=O)NCc1ccccc1)C(C)C. The van der Waals surface area contributed by atoms with Gasteiger partial charge in [0.1, 0.15) is 36.1 Å². The first-order chi connectivity index (χ1) is 27.9. The molecule has 4 aromatic rings. The average Bonchev–Trinajstić information content (AvgIpc) is 3.20. The Balaban J connectivity index is 1.56. The first-order valence-corrected chi connectivity index (χ1v) is 20.8. The topological polar surface area (TPSA) is 172 Å². The van der Waals surface area contributed by atoms with Crippen LogP contribution in [0.4, 0.5) is 14.5 Å². The second-order valence-corrected chi connectivity index (χ2v) is 16.4. The summed E-state index contributed by atoms with van der Waals surface area (Å²) in [6, 6.07) is 22.7. The number of hydrogen-bond donors (Lipinski definition) is 4. The maximum Gasteiger partial charge on any atom is 0.251 e. The molecule has 0 heterocycles. The number of amides is 4. The summed E-state index contributed by atoms with van der Waals surface area (Å²) in [5.41, 5.74) is 1.65. The highest BCUT2D eigenvalue weighted by Crippen LogP contribution is 2.23. The van der Waals surface area contributed by atoms with Gasteiger partial charge in [-0.15, -0.1) is 0 Å². The molecular weight excluding hydrogens is 785 g/mol. The molecule has 0 fully saturated rings. The molecule has 0 aliphatic rings. The number of methoxy groups -OCH3 is 1. The van der Waals surface area contributed by atoms with Gasteiger partial charge in [0.05, 0.1) is 24.0 Å². The third kappa shape index (κ3) is 13.9. The van der Waals surface area contributed by atoms with Gasteiger partial charge in [-0.3, -0.25) is 23.5 Å². The van der Waals surface area contributed by atoms with E-state index in [0.717, 1.165) is 33.8 Å². The van der Waals surface area contributed by atoms with E-state index in [1.54, 1.807) is 20.8 Å². The summed E-state index contributed by atoms with van der Waals surface area (Å²) in [5.74, 6) is -4.51. The molecule has 0 aromatic heterocycles. The molecule has 4 rings (SSSR count). The second kappa shape index (κ2) is 21.2. The fraction of sp³-hybridized carbons (Fsp3) is 0.349. The van der Waals surface area contributed by atoms with Crippen molar-refractivity contribution < 1.29 is 45.9 Å². The number of hydrogen-bond acceptors (Lipinski definition) is 8. The Kier molecular flexibility index (Phi) is 16.5. The van der Waals surface area contributed by atoms with Crippen LogP contribution in [0.3, 0.4) is 0 Å². The van der Waals surface area contributed by atoms with Crippen LogP contribution in [0.5, 0.6) is 5.75 Å². The van der Waals surface area contributed by atoms with Gasteiger partial charge < -0.3 is 30.7 Å². The Labute approximate surface area is 343 Å². The molecule has 4 atom stereocenters. The molecule has 316 valence electrons. The first-order valence-electron chi connectivity index (χ1n) is 18.9. The number of carbonyl (C=O) groups is 4. The van der Waals surface area contributed by atoms with Crippen molar-refractivity contribution in [2.24, 2.45) is 5.92 Å². The molecule has 4 amide bonds. The number of rotatable bonds is 20. The van der Waals surface area contributed by atoms with E-state index in [1.165, 1.54) is 32.4 Å². The molecule has 4 N–H and O–H groups in total. The van der Waals surface area contributed by atoms with Crippen LogP contribution in [0.15, 0.2) is 97.1 Å². The summed E-state index contributed by atoms with van der Waals surface area (Å²) >= 11 is 0. The van der Waals surface area contributed by atoms with Crippen LogP contribution in [-0.4, -0.2) is 77.3 Å². The number of ether oxygens (including phenoxy) is 2. The van der Waals surface area contributed by atoms with Crippen molar-refractivity contribution in [3.05, 3.63) is 131 Å². The normalized spacial score (nSPS) is 13.4. The van der Waals surface area contributed by atoms with Gasteiger partial charge in [-0.25, -0.2) is 17.2 Å². The largest absolute Gasteiger partial charge is 0.491 e. The van der Waals surface area contributed by atoms with Crippen LogP contribution in [0.1, 0.15) is 71.5 Å². The zero-order valence-corrected chi connectivity index (χ0v) is 34.6. The lowest BCUT2D eigenvalue weighted by molar-refractivity contribution is -0.136. The molecule has 0 spiro atoms. The van der Waals surface area contributed by atoms with E-state index in [1.807, 2.05) is 60.7 Å². The Bertz CT molecular complexity index is 2160. The van der Waals surface area contributed by atoms with E-state index < -0.39 is 63.6 Å². The number of carbonyl (C=O) groups excluding carboxylic acids is 4. The summed E-state index contributed by atoms with van der Waals surface area (Å²) in [4.78, 5) is 54.2. The minimum atomic E-state index is -3.83. The predicted octanol–water partition coefficient (Wildman–Crippen LogP) is 5.28. The minimum Gasteiger partial charge on any atom is -0.491 e. The first kappa shape index (κ1) is 45.8. The van der Waals surface area contributed by atoms with Gasteiger partial charge in [0.2, 0.25) is 21.8 Å². The standard InChI is InChI=1S/C43H51F2N5O8S/c1-27(2)39(43(54)46-25-29-13-9-7-10-14-29)49-42(53)38(57-5)18-17-35(26-58-37-23-33(44)22-34(45)24-37)48-41(52)32-19-31(20-36(21-32)50(4)59(6,55)56)40(51)47-28(3)30-15-11-8-12-16-30/h7-16,19-24,27-28,35,38-39H,17-18,25-26H2,1-6H3,(H,46,54)(H,47,51)(H,48,52)(H,49,53)/t28-,35-,38-,39+/m1/s1. The molecule has 0 aliphatic heterocycles. The van der Waals surface area contributed by atoms with Gasteiger partial charge in [0, 0.05) is 50.0 Å². The number of anilines is 1. The van der Waals surface area contributed by atoms with E-state index in [-0.39, 0.29) is 60.4 Å². The Morgan fingerprint density at radius 1 is 0.746 bits per heavy atom. The van der Waals surface area contributed by atoms with Crippen molar-refractivity contribution in [2.75, 3.05) is 31.3 Å². The highest BCUT2D eigenvalue weighted by atomic mass is 32.2. The third-order valence-electron chi connectivity index (χ3n) is 9.48. The zero-order valence-electron chi connectivity index (χ0n) is 33.8. The fourth-order valence-corrected chi connectivity index (χ4v) is 6.50. The lowest BCUT2D eigenvalue weighted by Gasteiger charge is -2.26. The lowest BCUT2D eigenvalue weighted by atomic mass is 10.0. The quantitative estimate of drug-likeness (QED) is 0.0932. The van der Waals surface area contributed by atoms with E-state index >= 15 is 0 Å². The second-order valence-electron chi connectivity index (χ2n) is 14.4. The highest BCUT2D eigenvalue weighted by molar-refractivity contribution is 7.92. The van der Waals surface area contributed by atoms with E-state index in [9.17, 15) is 36.4 Å². The summed E-state index contributed by atoms with van der Waals surface area (Å²) < 4.78 is 65.3. The summed E-state index contributed by atoms with van der Waals surface area (Å²) in [7, 11) is -1.23. The number of nitrogens with one attached hydrogen (secondary N) is 4. The molecule has 0 bridgehead atoms. The molecule has 0 saturated carbocycles. The highest BCUT2D eigenvalue weighted by Gasteiger charge is 2.29. The van der Waals surface area contributed by atoms with Gasteiger partial charge >= 0.3 is 0 Å². The van der Waals surface area contributed by atoms with Crippen molar-refractivity contribution in [3.63, 3.8) is 0 Å². The van der Waals surface area contributed by atoms with Crippen LogP contribution in [0.2, 0.25) is 0 Å². The Morgan fingerprint density at radius 3 is 1.88 bits per heavy atom. The van der Waals surface area contributed by atoms with Crippen molar-refractivity contribution >= 4 is 39.3 Å². The van der Waals surface area contributed by atoms with Gasteiger partial charge in [-0.05, 0) is 55.0 Å². The zero-order chi connectivity index (χ0) is 43.3. The number of sulfonamides is 1. The van der Waals surface area contributed by atoms with Crippen LogP contribution in [-0.2, 0) is 30.9 Å². The van der Waals surface area contributed by atoms with Crippen molar-refractivity contribution in [1.29, 1.82) is 0 Å². The van der Waals surface area contributed by atoms with E-state index in [0.29, 0.717) is 6.07 Å². The van der Waals surface area contributed by atoms with E-state index in [2.05, 4.69) is 21.3 Å². The summed E-state index contributed by atoms with van der Waals surface area (Å²) in [6.45, 7) is 5.28. The van der Waals surface area contributed by atoms with Gasteiger partial charge in [0.25, 0.3) is 11.8 Å². The maximum absolute atomic E-state index is 14.0. The average molecular weight is 836 g/mol. The van der Waals surface area contributed by atoms with Crippen molar-refractivity contribution in [2.45, 2.75) is 64.4 Å². The number of benzene rings is 4. The molecule has 59 heavy (non-hydrogen) atoms. The van der Waals surface area contributed by atoms with Gasteiger partial charge in [0.15, 0.2) is 0 Å². The molecule has 0 unspecified atom stereocenters. The molecule has 13 nitrogen and oxygen atoms in total. The molecule has 4 aromatic carbocycles. The number of halogens is 2. The summed E-state index contributed by atoms with van der Waals surface area (Å²) in [5, 5.41) is 11.3. The molecule has 0 radical (unpaired) electrons. The third-order valence-corrected chi connectivity index (χ3v) is 10.7. The molecular formula is C43H51F2N5O8S. The lowest BCUT2D eigenvalue weighted by Crippen LogP contribution is -2.52. The fourth-order valence-electron chi connectivity index (χ4n) is 6.01. The molecule has 0 saturated heterocycles. The van der Waals surface area contributed by atoms with Crippen LogP contribution < -0.4 is 30.3 Å². The van der Waals surface area contributed by atoms with Gasteiger partial charge in [-0.2, -0.15) is 0 Å². The maximum atomic E-state index is 14.0. The monoisotopic (exact) mass is 835 g/mol. The number of nitrogens with zero attached hydrogens (tertiary/aromatic N) is 1. The Hall–Kier alpha value is -5.87. The van der Waals surface area contributed by atoms with Crippen molar-refractivity contribution in [1.82, 2.24) is 21.3 Å². The van der Waals surface area contributed by atoms with Crippen LogP contribution in [0, 0.1) is 17.6 Å². The van der Waals surface area contributed by atoms with Crippen LogP contribution >= 0.6 is 0 Å². The molecule has 0 aliphatic carbocycles. The van der Waals surface area contributed by atoms with Crippen molar-refractivity contribution in [3.8, 4) is 5.75 Å². The Morgan fingerprint density at radius 2 is 1.32 bits per heavy atom. The minimum absolute atomic E-state index is 0.00222. The van der Waals surface area contributed by atoms with Crippen LogP contribution in [0.25, 0.3) is 0 Å². The summed E-state index contributed by atoms with van der Waals surface area (Å²) in [6.07, 6.45) is -0.111. The van der Waals surface area contributed by atoms with E-state index in [4.69, 9.17) is 9.47 Å². The smallest absolute Gasteiger partial charge is 0.251 e. The molecule has 16 heteroatoms. The predicted molar refractivity (Wildman–Crippen MR) is 220 cm³/mol.